The topological polar surface area (TPSA) is 104 Å². The normalized spacial score (nSPS) is 17.8. The first kappa shape index (κ1) is 12.4. The third-order valence-electron chi connectivity index (χ3n) is 3.35. The van der Waals surface area contributed by atoms with Crippen LogP contribution >= 0.6 is 0 Å². The minimum atomic E-state index is -0.481. The summed E-state index contributed by atoms with van der Waals surface area (Å²) in [4.78, 5) is 15.9. The number of nitrogens with zero attached hydrogens (tertiary/aromatic N) is 5. The van der Waals surface area contributed by atoms with Gasteiger partial charge in [-0.05, 0) is 13.8 Å². The molecule has 1 aliphatic heterocycles. The smallest absolute Gasteiger partial charge is 0.248 e. The maximum atomic E-state index is 11.8. The van der Waals surface area contributed by atoms with Crippen LogP contribution in [0.2, 0.25) is 0 Å². The molecule has 3 rings (SSSR count). The van der Waals surface area contributed by atoms with E-state index < -0.39 is 11.9 Å². The number of primary amides is 1. The number of aryl methyl sites for hydroxylation is 1. The molecule has 1 amide bonds. The number of carbonyl (C=O) groups excluding carboxylic acids is 1. The Balaban J connectivity index is 2.16. The maximum Gasteiger partial charge on any atom is 0.248 e. The Labute approximate surface area is 115 Å². The van der Waals surface area contributed by atoms with Gasteiger partial charge in [0, 0.05) is 24.0 Å². The highest BCUT2D eigenvalue weighted by molar-refractivity contribution is 5.95. The summed E-state index contributed by atoms with van der Waals surface area (Å²) in [7, 11) is 0. The number of nitrogens with one attached hydrogen (secondary N) is 1. The zero-order valence-electron chi connectivity index (χ0n) is 11.2. The van der Waals surface area contributed by atoms with Crippen LogP contribution in [-0.4, -0.2) is 30.5 Å². The fourth-order valence-electron chi connectivity index (χ4n) is 2.41. The van der Waals surface area contributed by atoms with Crippen molar-refractivity contribution < 1.29 is 4.79 Å². The van der Waals surface area contributed by atoms with Gasteiger partial charge in [0.2, 0.25) is 11.9 Å². The van der Waals surface area contributed by atoms with Crippen molar-refractivity contribution in [3.63, 3.8) is 0 Å². The molecule has 0 aromatic carbocycles. The molecule has 0 radical (unpaired) electrons. The van der Waals surface area contributed by atoms with Gasteiger partial charge in [-0.2, -0.15) is 15.2 Å². The Morgan fingerprint density at radius 2 is 2.30 bits per heavy atom. The molecule has 0 spiro atoms. The van der Waals surface area contributed by atoms with Gasteiger partial charge in [0.1, 0.15) is 12.4 Å². The second kappa shape index (κ2) is 4.48. The number of hydrogen-bond donors (Lipinski definition) is 2. The van der Waals surface area contributed by atoms with Crippen molar-refractivity contribution in [2.75, 3.05) is 5.32 Å². The van der Waals surface area contributed by atoms with Gasteiger partial charge in [-0.3, -0.25) is 9.48 Å². The molecule has 20 heavy (non-hydrogen) atoms. The van der Waals surface area contributed by atoms with Gasteiger partial charge in [-0.15, -0.1) is 0 Å². The highest BCUT2D eigenvalue weighted by atomic mass is 16.1. The van der Waals surface area contributed by atoms with Crippen molar-refractivity contribution in [2.24, 2.45) is 5.73 Å². The van der Waals surface area contributed by atoms with Crippen LogP contribution in [0, 0.1) is 0 Å². The van der Waals surface area contributed by atoms with E-state index in [1.165, 1.54) is 6.33 Å². The van der Waals surface area contributed by atoms with Crippen molar-refractivity contribution in [1.82, 2.24) is 24.5 Å². The summed E-state index contributed by atoms with van der Waals surface area (Å²) in [5, 5.41) is 11.5. The summed E-state index contributed by atoms with van der Waals surface area (Å²) in [6.07, 6.45) is 5.05. The number of carbonyl (C=O) groups is 1. The quantitative estimate of drug-likeness (QED) is 0.835. The Morgan fingerprint density at radius 3 is 2.95 bits per heavy atom. The molecular weight excluding hydrogens is 258 g/mol. The molecule has 2 aromatic rings. The summed E-state index contributed by atoms with van der Waals surface area (Å²) < 4.78 is 3.44. The van der Waals surface area contributed by atoms with Gasteiger partial charge in [-0.1, -0.05) is 0 Å². The molecule has 104 valence electrons. The molecule has 0 fully saturated rings. The van der Waals surface area contributed by atoms with Crippen LogP contribution in [0.3, 0.4) is 0 Å². The molecule has 8 heteroatoms. The molecule has 3 N–H and O–H groups in total. The number of anilines is 1. The number of allylic oxidation sites excluding steroid dienone is 1. The van der Waals surface area contributed by atoms with E-state index in [0.717, 1.165) is 12.1 Å². The largest absolute Gasteiger partial charge is 0.366 e. The minimum absolute atomic E-state index is 0.397. The number of nitrogens with two attached hydrogens (primary N) is 1. The molecule has 8 nitrogen and oxygen atoms in total. The van der Waals surface area contributed by atoms with Crippen LogP contribution in [0.1, 0.15) is 25.5 Å². The third kappa shape index (κ3) is 1.77. The lowest BCUT2D eigenvalue weighted by Crippen LogP contribution is -2.31. The maximum absolute atomic E-state index is 11.8. The molecule has 0 saturated heterocycles. The van der Waals surface area contributed by atoms with E-state index >= 15 is 0 Å². The molecule has 0 aliphatic carbocycles. The van der Waals surface area contributed by atoms with E-state index in [4.69, 9.17) is 5.73 Å². The number of hydrogen-bond acceptors (Lipinski definition) is 5. The monoisotopic (exact) mass is 273 g/mol. The highest BCUT2D eigenvalue weighted by Crippen LogP contribution is 2.33. The standard InChI is InChI=1S/C12H15N7O/c1-3-18-5-8(4-15-18)10-9(11(13)20)7(2)17-12-14-6-16-19(10)12/h4-6,10H,3H2,1-2H3,(H2,13,20)(H,14,16,17)/t10-/m1/s1. The fourth-order valence-corrected chi connectivity index (χ4v) is 2.41. The van der Waals surface area contributed by atoms with Crippen LogP contribution in [0.4, 0.5) is 5.95 Å². The average Bonchev–Trinajstić information content (AvgIpc) is 3.04. The minimum Gasteiger partial charge on any atom is -0.366 e. The third-order valence-corrected chi connectivity index (χ3v) is 3.35. The number of amides is 1. The molecule has 0 bridgehead atoms. The van der Waals surface area contributed by atoms with E-state index in [0.29, 0.717) is 17.2 Å². The summed E-state index contributed by atoms with van der Waals surface area (Å²) in [6.45, 7) is 4.55. The first-order valence-electron chi connectivity index (χ1n) is 6.31. The van der Waals surface area contributed by atoms with Crippen LogP contribution in [-0.2, 0) is 11.3 Å². The zero-order chi connectivity index (χ0) is 14.3. The molecule has 0 unspecified atom stereocenters. The average molecular weight is 273 g/mol. The first-order valence-corrected chi connectivity index (χ1v) is 6.31. The SMILES string of the molecule is CCn1cc([C@@H]2C(C(N)=O)=C(C)Nc3ncnn32)cn1. The van der Waals surface area contributed by atoms with Crippen molar-refractivity contribution in [2.45, 2.75) is 26.4 Å². The molecule has 2 aromatic heterocycles. The van der Waals surface area contributed by atoms with Crippen molar-refractivity contribution in [1.29, 1.82) is 0 Å². The fraction of sp³-hybridized carbons (Fsp3) is 0.333. The van der Waals surface area contributed by atoms with E-state index in [1.54, 1.807) is 22.5 Å². The second-order valence-electron chi connectivity index (χ2n) is 4.59. The Hall–Kier alpha value is -2.64. The highest BCUT2D eigenvalue weighted by Gasteiger charge is 2.32. The van der Waals surface area contributed by atoms with E-state index in [2.05, 4.69) is 20.5 Å². The van der Waals surface area contributed by atoms with Gasteiger partial charge in [0.25, 0.3) is 0 Å². The molecule has 1 atom stereocenters. The van der Waals surface area contributed by atoms with Gasteiger partial charge >= 0.3 is 0 Å². The lowest BCUT2D eigenvalue weighted by Gasteiger charge is -2.26. The molecular formula is C12H15N7O. The summed E-state index contributed by atoms with van der Waals surface area (Å²) in [5.74, 6) is 0.104. The van der Waals surface area contributed by atoms with E-state index in [9.17, 15) is 4.79 Å². The molecule has 1 aliphatic rings. The van der Waals surface area contributed by atoms with Crippen molar-refractivity contribution >= 4 is 11.9 Å². The lowest BCUT2D eigenvalue weighted by molar-refractivity contribution is -0.115. The van der Waals surface area contributed by atoms with Gasteiger partial charge in [-0.25, -0.2) is 4.68 Å². The Morgan fingerprint density at radius 1 is 1.50 bits per heavy atom. The second-order valence-corrected chi connectivity index (χ2v) is 4.59. The lowest BCUT2D eigenvalue weighted by atomic mass is 9.98. The summed E-state index contributed by atoms with van der Waals surface area (Å²) in [6, 6.07) is -0.397. The molecule has 3 heterocycles. The predicted octanol–water partition coefficient (Wildman–Crippen LogP) is 0.269. The van der Waals surface area contributed by atoms with Crippen LogP contribution in [0.15, 0.2) is 30.0 Å². The van der Waals surface area contributed by atoms with Gasteiger partial charge < -0.3 is 11.1 Å². The Kier molecular flexibility index (Phi) is 2.78. The Bertz CT molecular complexity index is 696. The predicted molar refractivity (Wildman–Crippen MR) is 71.6 cm³/mol. The van der Waals surface area contributed by atoms with Gasteiger partial charge in [0.15, 0.2) is 0 Å². The van der Waals surface area contributed by atoms with Crippen LogP contribution < -0.4 is 11.1 Å². The first-order chi connectivity index (χ1) is 9.61. The summed E-state index contributed by atoms with van der Waals surface area (Å²) >= 11 is 0. The van der Waals surface area contributed by atoms with Crippen LogP contribution in [0.5, 0.6) is 0 Å². The van der Waals surface area contributed by atoms with Gasteiger partial charge in [0.05, 0.1) is 11.8 Å². The van der Waals surface area contributed by atoms with Crippen molar-refractivity contribution in [3.8, 4) is 0 Å². The van der Waals surface area contributed by atoms with Crippen molar-refractivity contribution in [3.05, 3.63) is 35.6 Å². The number of aromatic nitrogens is 5. The van der Waals surface area contributed by atoms with E-state index in [-0.39, 0.29) is 0 Å². The number of fused-ring (bicyclic) bond motifs is 1. The summed E-state index contributed by atoms with van der Waals surface area (Å²) in [5.41, 5.74) is 7.54. The zero-order valence-corrected chi connectivity index (χ0v) is 11.2. The molecule has 0 saturated carbocycles. The van der Waals surface area contributed by atoms with Crippen LogP contribution in [0.25, 0.3) is 0 Å². The number of rotatable bonds is 3. The van der Waals surface area contributed by atoms with E-state index in [1.807, 2.05) is 13.1 Å².